The molecule has 0 bridgehead atoms. The van der Waals surface area contributed by atoms with Crippen LogP contribution in [0, 0.1) is 5.92 Å². The van der Waals surface area contributed by atoms with Crippen molar-refractivity contribution < 1.29 is 14.6 Å². The second-order valence-electron chi connectivity index (χ2n) is 6.57. The highest BCUT2D eigenvalue weighted by molar-refractivity contribution is 5.88. The number of carbonyl (C=O) groups is 1. The fourth-order valence-electron chi connectivity index (χ4n) is 3.52. The van der Waals surface area contributed by atoms with Gasteiger partial charge in [-0.05, 0) is 43.2 Å². The van der Waals surface area contributed by atoms with Crippen molar-refractivity contribution in [2.45, 2.75) is 25.7 Å². The minimum atomic E-state index is -0.689. The van der Waals surface area contributed by atoms with E-state index in [1.165, 1.54) is 5.39 Å². The highest BCUT2D eigenvalue weighted by Crippen LogP contribution is 2.25. The number of rotatable bonds is 7. The summed E-state index contributed by atoms with van der Waals surface area (Å²) < 4.78 is 6.02. The molecule has 128 valence electrons. The molecule has 0 amide bonds. The van der Waals surface area contributed by atoms with Gasteiger partial charge in [0.25, 0.3) is 0 Å². The maximum Gasteiger partial charge on any atom is 0.303 e. The van der Waals surface area contributed by atoms with Crippen LogP contribution in [0.15, 0.2) is 42.5 Å². The molecule has 3 rings (SSSR count). The van der Waals surface area contributed by atoms with E-state index in [9.17, 15) is 4.79 Å². The Kier molecular flexibility index (Phi) is 5.70. The maximum atomic E-state index is 10.7. The van der Waals surface area contributed by atoms with Gasteiger partial charge in [0.05, 0.1) is 0 Å². The molecule has 0 radical (unpaired) electrons. The third-order valence-electron chi connectivity index (χ3n) is 4.78. The standard InChI is InChI=1S/C20H25NO3/c22-20(23)11-10-16-5-4-12-21(15-16)13-14-24-19-9-3-7-17-6-1-2-8-18(17)19/h1-3,6-9,16H,4-5,10-15H2,(H,22,23). The van der Waals surface area contributed by atoms with Gasteiger partial charge in [-0.1, -0.05) is 36.4 Å². The zero-order valence-electron chi connectivity index (χ0n) is 14.0. The van der Waals surface area contributed by atoms with Gasteiger partial charge in [0.2, 0.25) is 0 Å². The van der Waals surface area contributed by atoms with Crippen molar-refractivity contribution >= 4 is 16.7 Å². The van der Waals surface area contributed by atoms with Crippen molar-refractivity contribution in [1.29, 1.82) is 0 Å². The largest absolute Gasteiger partial charge is 0.492 e. The second-order valence-corrected chi connectivity index (χ2v) is 6.57. The molecule has 1 saturated heterocycles. The third-order valence-corrected chi connectivity index (χ3v) is 4.78. The van der Waals surface area contributed by atoms with Crippen LogP contribution in [0.1, 0.15) is 25.7 Å². The summed E-state index contributed by atoms with van der Waals surface area (Å²) in [4.78, 5) is 13.1. The summed E-state index contributed by atoms with van der Waals surface area (Å²) in [6, 6.07) is 14.4. The molecule has 1 fully saturated rings. The number of carboxylic acid groups (broad SMARTS) is 1. The first-order valence-corrected chi connectivity index (χ1v) is 8.77. The van der Waals surface area contributed by atoms with Gasteiger partial charge in [-0.25, -0.2) is 0 Å². The van der Waals surface area contributed by atoms with E-state index in [1.807, 2.05) is 24.3 Å². The molecule has 1 unspecified atom stereocenters. The molecule has 1 aliphatic rings. The number of ether oxygens (including phenoxy) is 1. The molecule has 1 atom stereocenters. The molecule has 0 saturated carbocycles. The monoisotopic (exact) mass is 327 g/mol. The molecule has 0 aromatic heterocycles. The van der Waals surface area contributed by atoms with Crippen LogP contribution in [0.25, 0.3) is 10.8 Å². The van der Waals surface area contributed by atoms with Gasteiger partial charge in [-0.15, -0.1) is 0 Å². The predicted octanol–water partition coefficient (Wildman–Crippen LogP) is 3.80. The zero-order chi connectivity index (χ0) is 16.8. The minimum Gasteiger partial charge on any atom is -0.492 e. The van der Waals surface area contributed by atoms with Crippen LogP contribution in [0.2, 0.25) is 0 Å². The van der Waals surface area contributed by atoms with Crippen molar-refractivity contribution in [3.63, 3.8) is 0 Å². The Morgan fingerprint density at radius 2 is 2.04 bits per heavy atom. The lowest BCUT2D eigenvalue weighted by Gasteiger charge is -2.32. The van der Waals surface area contributed by atoms with E-state index in [1.54, 1.807) is 0 Å². The molecule has 2 aromatic rings. The van der Waals surface area contributed by atoms with Crippen molar-refractivity contribution in [2.24, 2.45) is 5.92 Å². The van der Waals surface area contributed by atoms with Gasteiger partial charge < -0.3 is 9.84 Å². The van der Waals surface area contributed by atoms with Crippen molar-refractivity contribution in [3.05, 3.63) is 42.5 Å². The summed E-state index contributed by atoms with van der Waals surface area (Å²) in [6.45, 7) is 3.64. The quantitative estimate of drug-likeness (QED) is 0.840. The molecule has 1 N–H and O–H groups in total. The minimum absolute atomic E-state index is 0.283. The number of carboxylic acids is 1. The fraction of sp³-hybridized carbons (Fsp3) is 0.450. The van der Waals surface area contributed by atoms with Gasteiger partial charge in [-0.2, -0.15) is 0 Å². The first-order chi connectivity index (χ1) is 11.7. The van der Waals surface area contributed by atoms with Crippen LogP contribution in [-0.4, -0.2) is 42.2 Å². The smallest absolute Gasteiger partial charge is 0.303 e. The number of hydrogen-bond donors (Lipinski definition) is 1. The van der Waals surface area contributed by atoms with Crippen LogP contribution in [-0.2, 0) is 4.79 Å². The number of benzene rings is 2. The summed E-state index contributed by atoms with van der Waals surface area (Å²) in [5, 5.41) is 11.2. The zero-order valence-corrected chi connectivity index (χ0v) is 14.0. The average molecular weight is 327 g/mol. The molecule has 0 aliphatic carbocycles. The van der Waals surface area contributed by atoms with E-state index in [0.717, 1.165) is 50.0 Å². The van der Waals surface area contributed by atoms with E-state index >= 15 is 0 Å². The molecular weight excluding hydrogens is 302 g/mol. The lowest BCUT2D eigenvalue weighted by molar-refractivity contribution is -0.137. The van der Waals surface area contributed by atoms with Crippen molar-refractivity contribution in [3.8, 4) is 5.75 Å². The Balaban J connectivity index is 1.49. The number of piperidine rings is 1. The molecule has 1 heterocycles. The topological polar surface area (TPSA) is 49.8 Å². The molecule has 2 aromatic carbocycles. The van der Waals surface area contributed by atoms with Gasteiger partial charge in [0.15, 0.2) is 0 Å². The van der Waals surface area contributed by atoms with Crippen LogP contribution in [0.3, 0.4) is 0 Å². The average Bonchev–Trinajstić information content (AvgIpc) is 2.61. The summed E-state index contributed by atoms with van der Waals surface area (Å²) in [5.41, 5.74) is 0. The lowest BCUT2D eigenvalue weighted by atomic mass is 9.93. The van der Waals surface area contributed by atoms with Crippen molar-refractivity contribution in [2.75, 3.05) is 26.2 Å². The fourth-order valence-corrected chi connectivity index (χ4v) is 3.52. The van der Waals surface area contributed by atoms with Crippen LogP contribution >= 0.6 is 0 Å². The first kappa shape index (κ1) is 16.8. The first-order valence-electron chi connectivity index (χ1n) is 8.77. The van der Waals surface area contributed by atoms with E-state index in [2.05, 4.69) is 23.1 Å². The highest BCUT2D eigenvalue weighted by Gasteiger charge is 2.20. The number of aliphatic carboxylic acids is 1. The molecule has 1 aliphatic heterocycles. The normalized spacial score (nSPS) is 18.6. The van der Waals surface area contributed by atoms with E-state index < -0.39 is 5.97 Å². The highest BCUT2D eigenvalue weighted by atomic mass is 16.5. The van der Waals surface area contributed by atoms with Crippen LogP contribution in [0.4, 0.5) is 0 Å². The summed E-state index contributed by atoms with van der Waals surface area (Å²) in [5.74, 6) is 0.756. The Bertz CT molecular complexity index is 680. The Morgan fingerprint density at radius 3 is 2.92 bits per heavy atom. The number of fused-ring (bicyclic) bond motifs is 1. The van der Waals surface area contributed by atoms with Gasteiger partial charge in [0.1, 0.15) is 12.4 Å². The maximum absolute atomic E-state index is 10.7. The van der Waals surface area contributed by atoms with E-state index in [-0.39, 0.29) is 6.42 Å². The van der Waals surface area contributed by atoms with Gasteiger partial charge in [0, 0.05) is 24.9 Å². The molecule has 0 spiro atoms. The second kappa shape index (κ2) is 8.15. The predicted molar refractivity (Wildman–Crippen MR) is 95.5 cm³/mol. The number of hydrogen-bond acceptors (Lipinski definition) is 3. The van der Waals surface area contributed by atoms with Gasteiger partial charge in [-0.3, -0.25) is 9.69 Å². The third kappa shape index (κ3) is 4.48. The number of likely N-dealkylation sites (tertiary alicyclic amines) is 1. The van der Waals surface area contributed by atoms with Gasteiger partial charge >= 0.3 is 5.97 Å². The Morgan fingerprint density at radius 1 is 1.21 bits per heavy atom. The molecule has 24 heavy (non-hydrogen) atoms. The van der Waals surface area contributed by atoms with E-state index in [4.69, 9.17) is 9.84 Å². The summed E-state index contributed by atoms with van der Waals surface area (Å²) >= 11 is 0. The van der Waals surface area contributed by atoms with Crippen LogP contribution in [0.5, 0.6) is 5.75 Å². The SMILES string of the molecule is O=C(O)CCC1CCCN(CCOc2cccc3ccccc23)C1. The van der Waals surface area contributed by atoms with Crippen molar-refractivity contribution in [1.82, 2.24) is 4.90 Å². The molecule has 4 heteroatoms. The summed E-state index contributed by atoms with van der Waals surface area (Å²) in [7, 11) is 0. The molecule has 4 nitrogen and oxygen atoms in total. The van der Waals surface area contributed by atoms with E-state index in [0.29, 0.717) is 12.5 Å². The lowest BCUT2D eigenvalue weighted by Crippen LogP contribution is -2.38. The molecular formula is C20H25NO3. The van der Waals surface area contributed by atoms with Crippen LogP contribution < -0.4 is 4.74 Å². The summed E-state index contributed by atoms with van der Waals surface area (Å²) in [6.07, 6.45) is 3.37. The Labute approximate surface area is 143 Å². The Hall–Kier alpha value is -2.07. The number of nitrogens with zero attached hydrogens (tertiary/aromatic N) is 1.